The van der Waals surface area contributed by atoms with Gasteiger partial charge in [0.15, 0.2) is 4.93 Å². The van der Waals surface area contributed by atoms with E-state index in [9.17, 15) is 18.1 Å². The Morgan fingerprint density at radius 2 is 1.80 bits per heavy atom. The number of hydrogen-bond acceptors (Lipinski definition) is 4. The van der Waals surface area contributed by atoms with Crippen LogP contribution in [0.25, 0.3) is 0 Å². The fourth-order valence-electron chi connectivity index (χ4n) is 2.45. The van der Waals surface area contributed by atoms with Gasteiger partial charge in [0.25, 0.3) is 0 Å². The maximum Gasteiger partial charge on any atom is 1.00 e. The fraction of sp³-hybridized carbons (Fsp3) is 1.00. The van der Waals surface area contributed by atoms with E-state index in [0.717, 1.165) is 19.3 Å². The van der Waals surface area contributed by atoms with Crippen LogP contribution in [0.5, 0.6) is 0 Å². The summed E-state index contributed by atoms with van der Waals surface area (Å²) in [5.74, 6) is 0.807. The van der Waals surface area contributed by atoms with E-state index in [1.165, 1.54) is 0 Å². The van der Waals surface area contributed by atoms with Crippen molar-refractivity contribution in [3.63, 3.8) is 0 Å². The van der Waals surface area contributed by atoms with Crippen molar-refractivity contribution in [2.24, 2.45) is 11.8 Å². The summed E-state index contributed by atoms with van der Waals surface area (Å²) < 4.78 is 32.7. The Balaban J connectivity index is 0.00000112. The van der Waals surface area contributed by atoms with Gasteiger partial charge in [0.05, 0.1) is 0 Å². The third kappa shape index (κ3) is 2.96. The van der Waals surface area contributed by atoms with Crippen molar-refractivity contribution in [3.05, 3.63) is 0 Å². The van der Waals surface area contributed by atoms with Gasteiger partial charge in [-0.25, -0.2) is 8.42 Å². The monoisotopic (exact) mass is 242 g/mol. The zero-order valence-electron chi connectivity index (χ0n) is 8.98. The summed E-state index contributed by atoms with van der Waals surface area (Å²) in [6.07, 6.45) is 4.13. The van der Waals surface area contributed by atoms with Crippen LogP contribution in [0.1, 0.15) is 38.5 Å². The zero-order chi connectivity index (χ0) is 10.4. The summed E-state index contributed by atoms with van der Waals surface area (Å²) >= 11 is 0. The van der Waals surface area contributed by atoms with Gasteiger partial charge in [-0.2, -0.15) is 0 Å². The molecular weight excluding hydrogens is 227 g/mol. The summed E-state index contributed by atoms with van der Waals surface area (Å²) in [5.41, 5.74) is 0. The Bertz CT molecular complexity index is 325. The van der Waals surface area contributed by atoms with Crippen LogP contribution in [-0.2, 0) is 10.1 Å². The van der Waals surface area contributed by atoms with E-state index in [2.05, 4.69) is 0 Å². The first-order valence-corrected chi connectivity index (χ1v) is 6.51. The minimum atomic E-state index is -4.56. The van der Waals surface area contributed by atoms with E-state index < -0.39 is 15.1 Å². The first-order valence-electron chi connectivity index (χ1n) is 5.10. The van der Waals surface area contributed by atoms with Crippen LogP contribution in [0, 0.1) is 11.8 Å². The Labute approximate surface area is 112 Å². The SMILES string of the molecule is O=S(=O)([O-])C1(O)CCCC(C2CC2)C1.[Na+]. The molecule has 0 bridgehead atoms. The molecule has 2 rings (SSSR count). The van der Waals surface area contributed by atoms with E-state index in [0.29, 0.717) is 12.3 Å². The molecule has 0 aromatic rings. The Hall–Kier alpha value is 0.870. The van der Waals surface area contributed by atoms with Crippen LogP contribution in [0.15, 0.2) is 0 Å². The van der Waals surface area contributed by atoms with Crippen LogP contribution in [-0.4, -0.2) is 23.0 Å². The van der Waals surface area contributed by atoms with Gasteiger partial charge in [0, 0.05) is 0 Å². The first kappa shape index (κ1) is 13.9. The molecule has 82 valence electrons. The Kier molecular flexibility index (Phi) is 4.30. The number of hydrogen-bond donors (Lipinski definition) is 1. The molecule has 0 amide bonds. The van der Waals surface area contributed by atoms with Crippen LogP contribution in [0.2, 0.25) is 0 Å². The smallest absolute Gasteiger partial charge is 0.746 e. The van der Waals surface area contributed by atoms with E-state index in [1.807, 2.05) is 0 Å². The third-order valence-corrected chi connectivity index (χ3v) is 4.78. The van der Waals surface area contributed by atoms with Crippen molar-refractivity contribution in [1.29, 1.82) is 0 Å². The molecule has 6 heteroatoms. The molecule has 2 atom stereocenters. The number of rotatable bonds is 2. The predicted molar refractivity (Wildman–Crippen MR) is 49.3 cm³/mol. The van der Waals surface area contributed by atoms with E-state index in [4.69, 9.17) is 0 Å². The minimum Gasteiger partial charge on any atom is -0.746 e. The maximum atomic E-state index is 10.9. The Morgan fingerprint density at radius 3 is 2.27 bits per heavy atom. The van der Waals surface area contributed by atoms with Gasteiger partial charge in [0.2, 0.25) is 0 Å². The topological polar surface area (TPSA) is 77.4 Å². The molecule has 2 aliphatic rings. The molecule has 0 spiro atoms. The molecular formula is C9H15NaO4S. The van der Waals surface area contributed by atoms with Gasteiger partial charge in [-0.1, -0.05) is 0 Å². The van der Waals surface area contributed by atoms with E-state index >= 15 is 0 Å². The second-order valence-electron chi connectivity index (χ2n) is 4.59. The van der Waals surface area contributed by atoms with Gasteiger partial charge in [-0.3, -0.25) is 0 Å². The van der Waals surface area contributed by atoms with Crippen molar-refractivity contribution in [3.8, 4) is 0 Å². The van der Waals surface area contributed by atoms with Gasteiger partial charge in [-0.15, -0.1) is 0 Å². The molecule has 4 nitrogen and oxygen atoms in total. The van der Waals surface area contributed by atoms with Gasteiger partial charge < -0.3 is 9.66 Å². The van der Waals surface area contributed by atoms with Gasteiger partial charge in [-0.05, 0) is 50.4 Å². The molecule has 2 aliphatic carbocycles. The quantitative estimate of drug-likeness (QED) is 0.441. The van der Waals surface area contributed by atoms with Crippen molar-refractivity contribution in [1.82, 2.24) is 0 Å². The molecule has 0 aromatic heterocycles. The first-order chi connectivity index (χ1) is 6.42. The van der Waals surface area contributed by atoms with Crippen LogP contribution >= 0.6 is 0 Å². The molecule has 15 heavy (non-hydrogen) atoms. The number of aliphatic hydroxyl groups is 1. The fourth-order valence-corrected chi connectivity index (χ4v) is 3.26. The average Bonchev–Trinajstić information content (AvgIpc) is 2.84. The maximum absolute atomic E-state index is 10.9. The van der Waals surface area contributed by atoms with Crippen LogP contribution in [0.4, 0.5) is 0 Å². The van der Waals surface area contributed by atoms with Gasteiger partial charge >= 0.3 is 29.6 Å². The van der Waals surface area contributed by atoms with Crippen molar-refractivity contribution in [2.45, 2.75) is 43.5 Å². The standard InChI is InChI=1S/C9H16O4S.Na/c10-9(14(11,12)13)5-1-2-8(6-9)7-3-4-7;/h7-8,10H,1-6H2,(H,11,12,13);/q;+1/p-1. The minimum absolute atomic E-state index is 0. The predicted octanol–water partition coefficient (Wildman–Crippen LogP) is -2.18. The summed E-state index contributed by atoms with van der Waals surface area (Å²) in [5, 5.41) is 9.75. The molecule has 0 heterocycles. The molecule has 2 fully saturated rings. The second kappa shape index (κ2) is 4.63. The van der Waals surface area contributed by atoms with E-state index in [1.54, 1.807) is 0 Å². The van der Waals surface area contributed by atoms with Crippen LogP contribution in [0.3, 0.4) is 0 Å². The van der Waals surface area contributed by atoms with Crippen molar-refractivity contribution >= 4 is 10.1 Å². The normalized spacial score (nSPS) is 37.1. The molecule has 0 saturated heterocycles. The summed E-state index contributed by atoms with van der Waals surface area (Å²) in [4.78, 5) is -1.97. The molecule has 0 aliphatic heterocycles. The summed E-state index contributed by atoms with van der Waals surface area (Å²) in [6.45, 7) is 0. The van der Waals surface area contributed by atoms with Gasteiger partial charge in [0.1, 0.15) is 10.1 Å². The molecule has 0 aromatic carbocycles. The second-order valence-corrected chi connectivity index (χ2v) is 6.26. The van der Waals surface area contributed by atoms with Crippen molar-refractivity contribution < 1.29 is 47.6 Å². The molecule has 2 saturated carbocycles. The largest absolute Gasteiger partial charge is 1.00 e. The van der Waals surface area contributed by atoms with E-state index in [-0.39, 0.29) is 48.3 Å². The Morgan fingerprint density at radius 1 is 1.20 bits per heavy atom. The van der Waals surface area contributed by atoms with Crippen LogP contribution < -0.4 is 29.6 Å². The summed E-state index contributed by atoms with van der Waals surface area (Å²) in [6, 6.07) is 0. The average molecular weight is 242 g/mol. The molecule has 1 N–H and O–H groups in total. The molecule has 2 unspecified atom stereocenters. The molecule has 0 radical (unpaired) electrons. The van der Waals surface area contributed by atoms with Crippen molar-refractivity contribution in [2.75, 3.05) is 0 Å². The summed E-state index contributed by atoms with van der Waals surface area (Å²) in [7, 11) is -4.56. The zero-order valence-corrected chi connectivity index (χ0v) is 11.8. The third-order valence-electron chi connectivity index (χ3n) is 3.48.